The molecule has 0 aliphatic carbocycles. The quantitative estimate of drug-likeness (QED) is 0.703. The summed E-state index contributed by atoms with van der Waals surface area (Å²) in [6, 6.07) is 8.65. The molecule has 1 aromatic rings. The molecule has 1 nitrogen and oxygen atoms in total. The van der Waals surface area contributed by atoms with Gasteiger partial charge in [-0.25, -0.2) is 0 Å². The van der Waals surface area contributed by atoms with Gasteiger partial charge >= 0.3 is 81.1 Å². The first-order valence-corrected chi connectivity index (χ1v) is 6.49. The molecule has 0 N–H and O–H groups in total. The predicted molar refractivity (Wildman–Crippen MR) is 54.1 cm³/mol. The molecule has 14 heavy (non-hydrogen) atoms. The van der Waals surface area contributed by atoms with E-state index >= 15 is 0 Å². The molecule has 0 bridgehead atoms. The van der Waals surface area contributed by atoms with Gasteiger partial charge in [0.1, 0.15) is 0 Å². The topological polar surface area (TPSA) is 3.24 Å². The summed E-state index contributed by atoms with van der Waals surface area (Å²) in [6.45, 7) is 0.313. The van der Waals surface area contributed by atoms with Crippen molar-refractivity contribution in [1.82, 2.24) is 4.67 Å². The maximum absolute atomic E-state index is 12.9. The van der Waals surface area contributed by atoms with Gasteiger partial charge in [-0.15, -0.1) is 0 Å². The van der Waals surface area contributed by atoms with Crippen LogP contribution in [0.25, 0.3) is 0 Å². The van der Waals surface area contributed by atoms with E-state index in [1.807, 2.05) is 0 Å². The normalized spacial score (nSPS) is 15.1. The molecule has 0 unspecified atom stereocenters. The zero-order valence-corrected chi connectivity index (χ0v) is 9.02. The Morgan fingerprint density at radius 3 is 2.07 bits per heavy atom. The van der Waals surface area contributed by atoms with Crippen LogP contribution in [0.4, 0.5) is 12.6 Å². The van der Waals surface area contributed by atoms with Crippen LogP contribution in [0.2, 0.25) is 0 Å². The van der Waals surface area contributed by atoms with Crippen molar-refractivity contribution in [3.63, 3.8) is 0 Å². The fourth-order valence-corrected chi connectivity index (χ4v) is 1.46. The van der Waals surface area contributed by atoms with Crippen molar-refractivity contribution in [3.8, 4) is 0 Å². The molecule has 0 spiro atoms. The van der Waals surface area contributed by atoms with Gasteiger partial charge in [0.25, 0.3) is 0 Å². The van der Waals surface area contributed by atoms with E-state index in [0.717, 1.165) is 7.05 Å². The molecule has 0 aromatic heterocycles. The summed E-state index contributed by atoms with van der Waals surface area (Å²) in [5.74, 6) is 0. The van der Waals surface area contributed by atoms with Crippen molar-refractivity contribution in [2.45, 2.75) is 6.54 Å². The van der Waals surface area contributed by atoms with E-state index in [1.165, 1.54) is 0 Å². The first-order valence-electron chi connectivity index (χ1n) is 4.18. The Morgan fingerprint density at radius 1 is 1.14 bits per heavy atom. The SMILES string of the molecule is CN(Cc1ccccc1)P(C)(F)(F)F. The minimum atomic E-state index is -6.07. The zero-order valence-electron chi connectivity index (χ0n) is 8.12. The second-order valence-electron chi connectivity index (χ2n) is 3.43. The average Bonchev–Trinajstić information content (AvgIpc) is 2.03. The molecule has 0 aliphatic heterocycles. The molecule has 0 saturated carbocycles. The first kappa shape index (κ1) is 11.5. The van der Waals surface area contributed by atoms with E-state index in [-0.39, 0.29) is 6.54 Å². The third-order valence-corrected chi connectivity index (χ3v) is 3.58. The zero-order chi connectivity index (χ0) is 10.8. The van der Waals surface area contributed by atoms with Crippen LogP contribution in [-0.2, 0) is 6.54 Å². The molecule has 0 amide bonds. The summed E-state index contributed by atoms with van der Waals surface area (Å²) >= 11 is 0. The third kappa shape index (κ3) is 3.28. The van der Waals surface area contributed by atoms with Gasteiger partial charge in [0.05, 0.1) is 0 Å². The van der Waals surface area contributed by atoms with E-state index in [0.29, 0.717) is 16.9 Å². The standard InChI is InChI=1S/C9H13F3NP/c1-13(14(2,10,11)12)8-9-6-4-3-5-7-9/h3-7H,8H2,1-2H3. The fourth-order valence-electron chi connectivity index (χ4n) is 0.999. The van der Waals surface area contributed by atoms with Crippen LogP contribution in [0.3, 0.4) is 0 Å². The molecule has 0 aliphatic rings. The van der Waals surface area contributed by atoms with Crippen LogP contribution < -0.4 is 0 Å². The molecule has 0 atom stereocenters. The van der Waals surface area contributed by atoms with Crippen LogP contribution in [0.1, 0.15) is 5.56 Å². The summed E-state index contributed by atoms with van der Waals surface area (Å²) in [6.07, 6.45) is 0. The summed E-state index contributed by atoms with van der Waals surface area (Å²) < 4.78 is 39.1. The molecule has 80 valence electrons. The molecule has 0 saturated heterocycles. The number of nitrogens with zero attached hydrogens (tertiary/aromatic N) is 1. The van der Waals surface area contributed by atoms with Gasteiger partial charge in [0.15, 0.2) is 0 Å². The summed E-state index contributed by atoms with van der Waals surface area (Å²) in [4.78, 5) is 0. The van der Waals surface area contributed by atoms with Gasteiger partial charge in [0.2, 0.25) is 0 Å². The average molecular weight is 223 g/mol. The van der Waals surface area contributed by atoms with Crippen molar-refractivity contribution in [2.75, 3.05) is 13.7 Å². The van der Waals surface area contributed by atoms with Crippen molar-refractivity contribution >= 4 is 7.69 Å². The van der Waals surface area contributed by atoms with Gasteiger partial charge in [0, 0.05) is 0 Å². The maximum atomic E-state index is 12.9. The fraction of sp³-hybridized carbons (Fsp3) is 0.333. The van der Waals surface area contributed by atoms with Gasteiger partial charge in [-0.1, -0.05) is 0 Å². The summed E-state index contributed by atoms with van der Waals surface area (Å²) in [5, 5.41) is 0. The van der Waals surface area contributed by atoms with E-state index in [9.17, 15) is 12.6 Å². The summed E-state index contributed by atoms with van der Waals surface area (Å²) in [5.41, 5.74) is 0.679. The predicted octanol–water partition coefficient (Wildman–Crippen LogP) is 3.87. The van der Waals surface area contributed by atoms with Gasteiger partial charge in [-0.05, 0) is 0 Å². The molecule has 5 heteroatoms. The van der Waals surface area contributed by atoms with E-state index in [2.05, 4.69) is 0 Å². The van der Waals surface area contributed by atoms with Gasteiger partial charge in [-0.2, -0.15) is 0 Å². The molecule has 0 heterocycles. The minimum absolute atomic E-state index is 0.0708. The molecule has 0 radical (unpaired) electrons. The van der Waals surface area contributed by atoms with Crippen molar-refractivity contribution in [2.24, 2.45) is 0 Å². The van der Waals surface area contributed by atoms with Crippen molar-refractivity contribution in [1.29, 1.82) is 0 Å². The van der Waals surface area contributed by atoms with E-state index in [1.54, 1.807) is 30.3 Å². The van der Waals surface area contributed by atoms with Gasteiger partial charge < -0.3 is 0 Å². The van der Waals surface area contributed by atoms with Crippen LogP contribution in [0, 0.1) is 0 Å². The third-order valence-electron chi connectivity index (χ3n) is 1.98. The number of hydrogen-bond donors (Lipinski definition) is 0. The van der Waals surface area contributed by atoms with Crippen LogP contribution in [0.5, 0.6) is 0 Å². The van der Waals surface area contributed by atoms with E-state index < -0.39 is 7.69 Å². The Kier molecular flexibility index (Phi) is 2.88. The summed E-state index contributed by atoms with van der Waals surface area (Å²) in [7, 11) is -4.97. The molecular formula is C9H13F3NP. The Labute approximate surface area is 81.9 Å². The number of hydrogen-bond acceptors (Lipinski definition) is 1. The first-order chi connectivity index (χ1) is 6.26. The van der Waals surface area contributed by atoms with Crippen LogP contribution >= 0.6 is 7.69 Å². The Morgan fingerprint density at radius 2 is 1.64 bits per heavy atom. The second-order valence-corrected chi connectivity index (χ2v) is 6.36. The number of rotatable bonds is 3. The molecular weight excluding hydrogens is 210 g/mol. The molecule has 1 rings (SSSR count). The molecule has 0 fully saturated rings. The Bertz CT molecular complexity index is 298. The van der Waals surface area contributed by atoms with Crippen molar-refractivity contribution in [3.05, 3.63) is 35.9 Å². The monoisotopic (exact) mass is 223 g/mol. The Balaban J connectivity index is 2.72. The molecule has 1 aromatic carbocycles. The van der Waals surface area contributed by atoms with Crippen LogP contribution in [0.15, 0.2) is 30.3 Å². The van der Waals surface area contributed by atoms with Gasteiger partial charge in [-0.3, -0.25) is 0 Å². The Hall–Kier alpha value is -0.600. The van der Waals surface area contributed by atoms with Crippen molar-refractivity contribution < 1.29 is 12.6 Å². The van der Waals surface area contributed by atoms with E-state index in [4.69, 9.17) is 0 Å². The number of halogens is 3. The van der Waals surface area contributed by atoms with Crippen LogP contribution in [-0.4, -0.2) is 18.4 Å². The number of benzene rings is 1. The second kappa shape index (κ2) is 3.52.